The predicted octanol–water partition coefficient (Wildman–Crippen LogP) is 3.02. The van der Waals surface area contributed by atoms with E-state index in [1.54, 1.807) is 0 Å². The number of hydrogen-bond acceptors (Lipinski definition) is 7. The van der Waals surface area contributed by atoms with Crippen molar-refractivity contribution in [3.8, 4) is 11.4 Å². The van der Waals surface area contributed by atoms with Gasteiger partial charge in [-0.2, -0.15) is 9.97 Å². The molecule has 3 aromatic rings. The summed E-state index contributed by atoms with van der Waals surface area (Å²) in [5.74, 6) is 2.67. The maximum Gasteiger partial charge on any atom is 0.244 e. The minimum Gasteiger partial charge on any atom is -0.339 e. The largest absolute Gasteiger partial charge is 0.339 e. The lowest BCUT2D eigenvalue weighted by Crippen LogP contribution is -2.23. The van der Waals surface area contributed by atoms with Crippen LogP contribution >= 0.6 is 0 Å². The zero-order chi connectivity index (χ0) is 16.4. The van der Waals surface area contributed by atoms with Crippen molar-refractivity contribution in [3.63, 3.8) is 0 Å². The smallest absolute Gasteiger partial charge is 0.244 e. The maximum absolute atomic E-state index is 5.53. The van der Waals surface area contributed by atoms with Gasteiger partial charge in [-0.15, -0.1) is 0 Å². The van der Waals surface area contributed by atoms with Gasteiger partial charge in [0.15, 0.2) is 5.82 Å². The summed E-state index contributed by atoms with van der Waals surface area (Å²) in [4.78, 5) is 11.2. The van der Waals surface area contributed by atoms with E-state index in [1.165, 1.54) is 0 Å². The first-order chi connectivity index (χ1) is 11.8. The average Bonchev–Trinajstić information content (AvgIpc) is 3.36. The first-order valence-corrected chi connectivity index (χ1v) is 8.28. The van der Waals surface area contributed by atoms with E-state index in [-0.39, 0.29) is 6.04 Å². The minimum atomic E-state index is 0.110. The molecule has 0 spiro atoms. The third-order valence-electron chi connectivity index (χ3n) is 4.28. The van der Waals surface area contributed by atoms with Crippen molar-refractivity contribution in [2.24, 2.45) is 0 Å². The van der Waals surface area contributed by atoms with E-state index in [2.05, 4.69) is 25.2 Å². The van der Waals surface area contributed by atoms with Gasteiger partial charge in [0.25, 0.3) is 0 Å². The number of hydrogen-bond donors (Lipinski definition) is 0. The molecule has 0 amide bonds. The van der Waals surface area contributed by atoms with Crippen LogP contribution in [0, 0.1) is 0 Å². The fourth-order valence-electron chi connectivity index (χ4n) is 3.05. The molecule has 1 aliphatic heterocycles. The van der Waals surface area contributed by atoms with E-state index >= 15 is 0 Å². The second-order valence-corrected chi connectivity index (χ2v) is 5.91. The van der Waals surface area contributed by atoms with Crippen LogP contribution in [0.2, 0.25) is 0 Å². The van der Waals surface area contributed by atoms with Gasteiger partial charge in [0, 0.05) is 12.0 Å². The van der Waals surface area contributed by atoms with Gasteiger partial charge in [0.05, 0.1) is 12.6 Å². The lowest BCUT2D eigenvalue weighted by molar-refractivity contribution is 0.195. The Morgan fingerprint density at radius 3 is 2.79 bits per heavy atom. The number of nitrogens with zero attached hydrogens (tertiary/aromatic N) is 5. The van der Waals surface area contributed by atoms with E-state index in [0.29, 0.717) is 30.0 Å². The molecule has 1 saturated heterocycles. The van der Waals surface area contributed by atoms with Gasteiger partial charge in [0.1, 0.15) is 0 Å². The molecule has 1 aliphatic rings. The summed E-state index contributed by atoms with van der Waals surface area (Å²) < 4.78 is 10.7. The molecule has 1 aromatic carbocycles. The zero-order valence-electron chi connectivity index (χ0n) is 13.6. The van der Waals surface area contributed by atoms with Gasteiger partial charge in [-0.1, -0.05) is 47.6 Å². The Labute approximate surface area is 139 Å². The molecule has 0 unspecified atom stereocenters. The van der Waals surface area contributed by atoms with Crippen molar-refractivity contribution < 1.29 is 9.05 Å². The monoisotopic (exact) mass is 325 g/mol. The van der Waals surface area contributed by atoms with Crippen LogP contribution in [0.4, 0.5) is 0 Å². The van der Waals surface area contributed by atoms with E-state index < -0.39 is 0 Å². The average molecular weight is 325 g/mol. The number of rotatable bonds is 5. The van der Waals surface area contributed by atoms with Crippen LogP contribution in [-0.4, -0.2) is 31.7 Å². The fourth-order valence-corrected chi connectivity index (χ4v) is 3.05. The van der Waals surface area contributed by atoms with Crippen molar-refractivity contribution in [3.05, 3.63) is 47.9 Å². The Bertz CT molecular complexity index is 798. The Morgan fingerprint density at radius 2 is 2.00 bits per heavy atom. The van der Waals surface area contributed by atoms with E-state index in [0.717, 1.165) is 31.4 Å². The number of likely N-dealkylation sites (tertiary alicyclic amines) is 1. The summed E-state index contributed by atoms with van der Waals surface area (Å²) in [7, 11) is 0. The summed E-state index contributed by atoms with van der Waals surface area (Å²) in [5, 5.41) is 8.16. The molecular weight excluding hydrogens is 306 g/mol. The van der Waals surface area contributed by atoms with Crippen LogP contribution in [0.5, 0.6) is 0 Å². The van der Waals surface area contributed by atoms with Gasteiger partial charge in [-0.05, 0) is 19.4 Å². The molecule has 0 aliphatic carbocycles. The lowest BCUT2D eigenvalue weighted by atomic mass is 10.2. The van der Waals surface area contributed by atoms with Gasteiger partial charge in [0.2, 0.25) is 17.6 Å². The molecular formula is C17H19N5O2. The third kappa shape index (κ3) is 2.94. The highest BCUT2D eigenvalue weighted by atomic mass is 16.5. The van der Waals surface area contributed by atoms with Crippen LogP contribution in [0.15, 0.2) is 39.4 Å². The number of aromatic nitrogens is 4. The summed E-state index contributed by atoms with van der Waals surface area (Å²) in [6.07, 6.45) is 2.83. The molecule has 4 rings (SSSR count). The minimum absolute atomic E-state index is 0.110. The second kappa shape index (κ2) is 6.52. The molecule has 0 bridgehead atoms. The molecule has 3 heterocycles. The van der Waals surface area contributed by atoms with Crippen molar-refractivity contribution >= 4 is 0 Å². The van der Waals surface area contributed by atoms with Gasteiger partial charge >= 0.3 is 0 Å². The Morgan fingerprint density at radius 1 is 1.12 bits per heavy atom. The number of aryl methyl sites for hydroxylation is 1. The van der Waals surface area contributed by atoms with Gasteiger partial charge in [-0.25, -0.2) is 0 Å². The van der Waals surface area contributed by atoms with Crippen molar-refractivity contribution in [1.82, 2.24) is 25.2 Å². The fraction of sp³-hybridized carbons (Fsp3) is 0.412. The quantitative estimate of drug-likeness (QED) is 0.713. The van der Waals surface area contributed by atoms with Crippen LogP contribution in [0.25, 0.3) is 11.4 Å². The topological polar surface area (TPSA) is 81.1 Å². The van der Waals surface area contributed by atoms with Gasteiger partial charge < -0.3 is 9.05 Å². The van der Waals surface area contributed by atoms with E-state index in [1.807, 2.05) is 37.3 Å². The number of benzene rings is 1. The summed E-state index contributed by atoms with van der Waals surface area (Å²) in [6, 6.07) is 9.97. The van der Waals surface area contributed by atoms with Crippen LogP contribution in [0.1, 0.15) is 43.4 Å². The molecule has 124 valence electrons. The standard InChI is InChI=1S/C17H19N5O2/c1-2-15-18-14(20-23-15)11-22-10-6-9-13(22)17-19-16(21-24-17)12-7-4-3-5-8-12/h3-5,7-8,13H,2,6,9-11H2,1H3/t13-/m0/s1. The van der Waals surface area contributed by atoms with Crippen LogP contribution in [-0.2, 0) is 13.0 Å². The highest BCUT2D eigenvalue weighted by Gasteiger charge is 2.31. The van der Waals surface area contributed by atoms with Crippen LogP contribution in [0.3, 0.4) is 0 Å². The molecule has 24 heavy (non-hydrogen) atoms. The SMILES string of the molecule is CCc1nc(CN2CCC[C@H]2c2nc(-c3ccccc3)no2)no1. The summed E-state index contributed by atoms with van der Waals surface area (Å²) in [5.41, 5.74) is 0.961. The molecule has 7 heteroatoms. The molecule has 0 saturated carbocycles. The van der Waals surface area contributed by atoms with Crippen molar-refractivity contribution in [2.45, 2.75) is 38.8 Å². The maximum atomic E-state index is 5.53. The summed E-state index contributed by atoms with van der Waals surface area (Å²) >= 11 is 0. The molecule has 2 aromatic heterocycles. The Balaban J connectivity index is 1.51. The zero-order valence-corrected chi connectivity index (χ0v) is 13.6. The normalized spacial score (nSPS) is 18.3. The Kier molecular flexibility index (Phi) is 4.08. The highest BCUT2D eigenvalue weighted by Crippen LogP contribution is 2.32. The molecule has 1 fully saturated rings. The molecule has 0 radical (unpaired) electrons. The van der Waals surface area contributed by atoms with E-state index in [9.17, 15) is 0 Å². The molecule has 0 N–H and O–H groups in total. The second-order valence-electron chi connectivity index (χ2n) is 5.91. The lowest BCUT2D eigenvalue weighted by Gasteiger charge is -2.19. The first-order valence-electron chi connectivity index (χ1n) is 8.28. The Hall–Kier alpha value is -2.54. The highest BCUT2D eigenvalue weighted by molar-refractivity contribution is 5.53. The predicted molar refractivity (Wildman–Crippen MR) is 85.8 cm³/mol. The van der Waals surface area contributed by atoms with E-state index in [4.69, 9.17) is 9.05 Å². The first kappa shape index (κ1) is 15.0. The van der Waals surface area contributed by atoms with Crippen molar-refractivity contribution in [2.75, 3.05) is 6.54 Å². The third-order valence-corrected chi connectivity index (χ3v) is 4.28. The summed E-state index contributed by atoms with van der Waals surface area (Å²) in [6.45, 7) is 3.60. The van der Waals surface area contributed by atoms with Gasteiger partial charge in [-0.3, -0.25) is 4.90 Å². The molecule has 1 atom stereocenters. The molecule has 7 nitrogen and oxygen atoms in total. The van der Waals surface area contributed by atoms with Crippen molar-refractivity contribution in [1.29, 1.82) is 0 Å². The van der Waals surface area contributed by atoms with Crippen LogP contribution < -0.4 is 0 Å².